The summed E-state index contributed by atoms with van der Waals surface area (Å²) in [6.45, 7) is 6.04. The van der Waals surface area contributed by atoms with Gasteiger partial charge in [0.15, 0.2) is 6.29 Å². The molecule has 2 amide bonds. The van der Waals surface area contributed by atoms with Gasteiger partial charge < -0.3 is 42.1 Å². The zero-order valence-electron chi connectivity index (χ0n) is 33.9. The van der Waals surface area contributed by atoms with E-state index in [9.17, 15) is 14.4 Å². The molecule has 3 aromatic rings. The number of fused-ring (bicyclic) bond motifs is 3. The minimum Gasteiger partial charge on any atom is -0.393 e. The lowest BCUT2D eigenvalue weighted by molar-refractivity contribution is -0.121. The Morgan fingerprint density at radius 1 is 0.948 bits per heavy atom. The number of nitrogens with two attached hydrogens (primary N) is 2. The topological polar surface area (TPSA) is 180 Å². The molecule has 302 valence electrons. The molecule has 2 saturated carbocycles. The standard InChI is InChI=1S/C37H44B2N10O3.C5H11N/c1-3-29-34-26(19-42-49(34)24-14-16-48(17-15-24)37(38,39)30-9-4-6-23(20-50)43-30)25-7-5-8-27(33(25)47(29)2)45-28(32(41)36(52)44-22-12-13-22)18-31(40)46-35(51)21-10-11-21;1-6-4-2-3-5-6/h4-9,18-22,24,29,45H,3,10-17,40-41H2,1-2H3,(H,44,52)(H,46,51);2-5H2,1H3/b31-18+,32-28+;. The molecule has 2 aromatic heterocycles. The molecule has 2 saturated heterocycles. The van der Waals surface area contributed by atoms with Crippen LogP contribution in [0.15, 0.2) is 65.9 Å². The van der Waals surface area contributed by atoms with E-state index in [1.807, 2.05) is 23.2 Å². The van der Waals surface area contributed by atoms with Crippen molar-refractivity contribution >= 4 is 45.2 Å². The summed E-state index contributed by atoms with van der Waals surface area (Å²) in [6, 6.07) is 11.3. The van der Waals surface area contributed by atoms with Gasteiger partial charge in [-0.15, -0.1) is 0 Å². The molecule has 0 bridgehead atoms. The largest absolute Gasteiger partial charge is 0.393 e. The maximum absolute atomic E-state index is 13.1. The van der Waals surface area contributed by atoms with Gasteiger partial charge in [0.2, 0.25) is 5.91 Å². The lowest BCUT2D eigenvalue weighted by atomic mass is 9.58. The van der Waals surface area contributed by atoms with Gasteiger partial charge >= 0.3 is 0 Å². The van der Waals surface area contributed by atoms with E-state index in [2.05, 4.69) is 62.5 Å². The van der Waals surface area contributed by atoms with Crippen LogP contribution < -0.4 is 32.3 Å². The van der Waals surface area contributed by atoms with Crippen molar-refractivity contribution in [2.24, 2.45) is 17.4 Å². The number of carbonyl (C=O) groups is 3. The maximum atomic E-state index is 13.1. The molecule has 3 aliphatic heterocycles. The van der Waals surface area contributed by atoms with Crippen molar-refractivity contribution in [3.05, 3.63) is 83.0 Å². The summed E-state index contributed by atoms with van der Waals surface area (Å²) in [5.74, 6) is -0.466. The van der Waals surface area contributed by atoms with Crippen LogP contribution in [0.2, 0.25) is 0 Å². The lowest BCUT2D eigenvalue weighted by Gasteiger charge is -2.44. The second-order valence-corrected chi connectivity index (χ2v) is 16.3. The quantitative estimate of drug-likeness (QED) is 0.0788. The minimum atomic E-state index is -1.32. The predicted octanol–water partition coefficient (Wildman–Crippen LogP) is 3.34. The van der Waals surface area contributed by atoms with E-state index in [-0.39, 0.29) is 47.2 Å². The highest BCUT2D eigenvalue weighted by atomic mass is 16.2. The number of piperidine rings is 1. The van der Waals surface area contributed by atoms with Crippen molar-refractivity contribution in [3.8, 4) is 11.1 Å². The van der Waals surface area contributed by atoms with Gasteiger partial charge in [0.25, 0.3) is 5.91 Å². The number of hydrogen-bond acceptors (Lipinski definition) is 11. The predicted molar refractivity (Wildman–Crippen MR) is 228 cm³/mol. The molecule has 5 aliphatic rings. The number of benzene rings is 1. The van der Waals surface area contributed by atoms with Crippen LogP contribution in [0, 0.1) is 5.92 Å². The number of aldehydes is 1. The smallest absolute Gasteiger partial charge is 0.269 e. The van der Waals surface area contributed by atoms with Gasteiger partial charge in [-0.2, -0.15) is 5.10 Å². The Morgan fingerprint density at radius 2 is 1.66 bits per heavy atom. The molecule has 1 atom stereocenters. The fraction of sp³-hybridized carbons (Fsp3) is 0.500. The number of aromatic nitrogens is 3. The Bertz CT molecular complexity index is 2060. The van der Waals surface area contributed by atoms with Crippen molar-refractivity contribution in [1.29, 1.82) is 0 Å². The molecule has 4 radical (unpaired) electrons. The van der Waals surface area contributed by atoms with Gasteiger partial charge in [-0.1, -0.05) is 25.1 Å². The molecule has 8 rings (SSSR count). The van der Waals surface area contributed by atoms with Gasteiger partial charge in [0.05, 0.1) is 56.7 Å². The van der Waals surface area contributed by atoms with E-state index in [4.69, 9.17) is 32.3 Å². The molecule has 4 fully saturated rings. The number of anilines is 2. The summed E-state index contributed by atoms with van der Waals surface area (Å²) in [7, 11) is 17.5. The van der Waals surface area contributed by atoms with Crippen molar-refractivity contribution in [2.45, 2.75) is 88.2 Å². The molecule has 58 heavy (non-hydrogen) atoms. The highest BCUT2D eigenvalue weighted by molar-refractivity contribution is 6.39. The number of nitrogens with zero attached hydrogens (tertiary/aromatic N) is 6. The molecule has 16 heteroatoms. The molecular formula is C42H55B2N11O3. The molecule has 2 aliphatic carbocycles. The first kappa shape index (κ1) is 41.1. The Kier molecular flexibility index (Phi) is 12.3. The van der Waals surface area contributed by atoms with E-state index >= 15 is 0 Å². The minimum absolute atomic E-state index is 0.00856. The van der Waals surface area contributed by atoms with Gasteiger partial charge in [-0.3, -0.25) is 19.1 Å². The van der Waals surface area contributed by atoms with Crippen molar-refractivity contribution < 1.29 is 14.4 Å². The van der Waals surface area contributed by atoms with Gasteiger partial charge in [-0.25, -0.2) is 4.98 Å². The van der Waals surface area contributed by atoms with E-state index in [0.717, 1.165) is 73.1 Å². The Hall–Kier alpha value is -5.08. The molecule has 5 heterocycles. The van der Waals surface area contributed by atoms with Gasteiger partial charge in [0, 0.05) is 41.9 Å². The van der Waals surface area contributed by atoms with Crippen LogP contribution in [0.3, 0.4) is 0 Å². The Balaban J connectivity index is 0.000000783. The number of amides is 2. The van der Waals surface area contributed by atoms with Crippen molar-refractivity contribution in [1.82, 2.24) is 35.2 Å². The zero-order chi connectivity index (χ0) is 41.1. The second-order valence-electron chi connectivity index (χ2n) is 16.3. The lowest BCUT2D eigenvalue weighted by Crippen LogP contribution is -2.51. The number of hydrogen-bond donors (Lipinski definition) is 5. The summed E-state index contributed by atoms with van der Waals surface area (Å²) in [4.78, 5) is 47.9. The van der Waals surface area contributed by atoms with Crippen LogP contribution in [0.5, 0.6) is 0 Å². The fourth-order valence-electron chi connectivity index (χ4n) is 8.23. The van der Waals surface area contributed by atoms with Crippen LogP contribution in [-0.2, 0) is 14.9 Å². The Labute approximate surface area is 344 Å². The number of allylic oxidation sites excluding steroid dienone is 1. The molecule has 1 aromatic carbocycles. The van der Waals surface area contributed by atoms with E-state index in [0.29, 0.717) is 30.8 Å². The number of likely N-dealkylation sites (tertiary alicyclic amines) is 2. The van der Waals surface area contributed by atoms with Crippen LogP contribution in [0.25, 0.3) is 11.1 Å². The molecule has 0 spiro atoms. The van der Waals surface area contributed by atoms with Crippen LogP contribution in [0.4, 0.5) is 11.4 Å². The third-order valence-corrected chi connectivity index (χ3v) is 11.9. The third-order valence-electron chi connectivity index (χ3n) is 11.9. The van der Waals surface area contributed by atoms with Gasteiger partial charge in [0.1, 0.15) is 17.2 Å². The molecule has 7 N–H and O–H groups in total. The summed E-state index contributed by atoms with van der Waals surface area (Å²) in [5.41, 5.74) is 18.6. The number of para-hydroxylation sites is 1. The zero-order valence-corrected chi connectivity index (χ0v) is 33.9. The number of rotatable bonds is 12. The fourth-order valence-corrected chi connectivity index (χ4v) is 8.23. The van der Waals surface area contributed by atoms with Crippen molar-refractivity contribution in [2.75, 3.05) is 50.5 Å². The second kappa shape index (κ2) is 17.4. The average molecular weight is 784 g/mol. The molecule has 1 unspecified atom stereocenters. The normalized spacial score (nSPS) is 20.6. The van der Waals surface area contributed by atoms with E-state index in [1.54, 1.807) is 18.2 Å². The monoisotopic (exact) mass is 783 g/mol. The van der Waals surface area contributed by atoms with Crippen LogP contribution >= 0.6 is 0 Å². The first-order valence-corrected chi connectivity index (χ1v) is 20.6. The average Bonchev–Trinajstić information content (AvgIpc) is 4.15. The number of nitrogens with one attached hydrogen (secondary N) is 3. The first-order chi connectivity index (χ1) is 27.9. The van der Waals surface area contributed by atoms with Gasteiger partial charge in [-0.05, 0) is 115 Å². The third kappa shape index (κ3) is 8.97. The number of pyridine rings is 1. The summed E-state index contributed by atoms with van der Waals surface area (Å²) < 4.78 is 2.16. The number of carbonyl (C=O) groups excluding carboxylic acids is 3. The SMILES string of the molecule is CN1CCCC1.[B]C([B])(c1cccc(C=O)n1)N1CCC(n2ncc3c2C(CC)N(C)c2c(NC(/C=C(\N)NC(=O)C4CC4)=C(/N)C(=O)NC4CC4)cccc2-3)CC1. The Morgan fingerprint density at radius 3 is 2.28 bits per heavy atom. The summed E-state index contributed by atoms with van der Waals surface area (Å²) >= 11 is 0. The van der Waals surface area contributed by atoms with Crippen LogP contribution in [-0.4, -0.2) is 105 Å². The summed E-state index contributed by atoms with van der Waals surface area (Å²) in [6.07, 6.45) is 12.8. The maximum Gasteiger partial charge on any atom is 0.269 e. The highest BCUT2D eigenvalue weighted by Crippen LogP contribution is 2.50. The highest BCUT2D eigenvalue weighted by Gasteiger charge is 2.38. The summed E-state index contributed by atoms with van der Waals surface area (Å²) in [5, 5.41) is 12.8. The van der Waals surface area contributed by atoms with E-state index < -0.39 is 11.2 Å². The first-order valence-electron chi connectivity index (χ1n) is 20.6. The molecule has 14 nitrogen and oxygen atoms in total. The van der Waals surface area contributed by atoms with Crippen molar-refractivity contribution in [3.63, 3.8) is 0 Å². The van der Waals surface area contributed by atoms with E-state index in [1.165, 1.54) is 32.0 Å². The molecular weight excluding hydrogens is 728 g/mol. The van der Waals surface area contributed by atoms with Crippen LogP contribution in [0.1, 0.15) is 98.7 Å².